The molecule has 2 atom stereocenters. The van der Waals surface area contributed by atoms with E-state index in [0.717, 1.165) is 12.0 Å². The molecular weight excluding hydrogens is 160 g/mol. The molecule has 0 bridgehead atoms. The number of hydrogen-bond donors (Lipinski definition) is 1. The zero-order valence-electron chi connectivity index (χ0n) is 9.14. The van der Waals surface area contributed by atoms with E-state index in [9.17, 15) is 0 Å². The molecule has 1 unspecified atom stereocenters. The van der Waals surface area contributed by atoms with Gasteiger partial charge in [-0.1, -0.05) is 13.8 Å². The molecule has 2 aliphatic rings. The lowest BCUT2D eigenvalue weighted by molar-refractivity contribution is 0.317. The summed E-state index contributed by atoms with van der Waals surface area (Å²) in [5.41, 5.74) is 0.490. The minimum Gasteiger partial charge on any atom is -0.307 e. The molecule has 0 saturated carbocycles. The Morgan fingerprint density at radius 1 is 1.38 bits per heavy atom. The normalized spacial score (nSPS) is 41.1. The number of nitrogens with one attached hydrogen (secondary N) is 1. The van der Waals surface area contributed by atoms with Crippen LogP contribution in [0.1, 0.15) is 33.1 Å². The fourth-order valence-corrected chi connectivity index (χ4v) is 2.87. The van der Waals surface area contributed by atoms with Crippen LogP contribution in [0, 0.1) is 5.92 Å². The van der Waals surface area contributed by atoms with E-state index in [0.29, 0.717) is 5.54 Å². The van der Waals surface area contributed by atoms with Crippen LogP contribution in [0.2, 0.25) is 0 Å². The van der Waals surface area contributed by atoms with Gasteiger partial charge in [-0.05, 0) is 38.8 Å². The van der Waals surface area contributed by atoms with Gasteiger partial charge in [-0.15, -0.1) is 0 Å². The highest BCUT2D eigenvalue weighted by molar-refractivity contribution is 5.03. The van der Waals surface area contributed by atoms with Gasteiger partial charge >= 0.3 is 0 Å². The molecule has 0 aromatic rings. The monoisotopic (exact) mass is 182 g/mol. The maximum atomic E-state index is 3.85. The van der Waals surface area contributed by atoms with Gasteiger partial charge < -0.3 is 10.2 Å². The molecule has 1 N–H and O–H groups in total. The van der Waals surface area contributed by atoms with Gasteiger partial charge in [0.25, 0.3) is 0 Å². The van der Waals surface area contributed by atoms with Crippen LogP contribution < -0.4 is 5.32 Å². The Morgan fingerprint density at radius 3 is 2.62 bits per heavy atom. The number of likely N-dealkylation sites (N-methyl/N-ethyl adjacent to an activating group) is 1. The summed E-state index contributed by atoms with van der Waals surface area (Å²) in [5, 5.41) is 3.85. The average Bonchev–Trinajstić information content (AvgIpc) is 2.61. The Kier molecular flexibility index (Phi) is 2.37. The molecule has 1 spiro atoms. The highest BCUT2D eigenvalue weighted by atomic mass is 15.2. The molecule has 0 aromatic heterocycles. The molecule has 2 aliphatic heterocycles. The zero-order chi connectivity index (χ0) is 9.47. The van der Waals surface area contributed by atoms with Crippen molar-refractivity contribution in [2.24, 2.45) is 5.92 Å². The Balaban J connectivity index is 1.97. The summed E-state index contributed by atoms with van der Waals surface area (Å²) in [4.78, 5) is 2.45. The molecule has 0 radical (unpaired) electrons. The Labute approximate surface area is 81.7 Å². The summed E-state index contributed by atoms with van der Waals surface area (Å²) in [5.74, 6) is 0.797. The topological polar surface area (TPSA) is 15.3 Å². The van der Waals surface area contributed by atoms with Crippen LogP contribution >= 0.6 is 0 Å². The fourth-order valence-electron chi connectivity index (χ4n) is 2.87. The maximum absolute atomic E-state index is 3.85. The molecule has 2 saturated heterocycles. The minimum atomic E-state index is 0.490. The first-order valence-corrected chi connectivity index (χ1v) is 5.58. The van der Waals surface area contributed by atoms with Crippen molar-refractivity contribution >= 4 is 0 Å². The molecule has 2 nitrogen and oxygen atoms in total. The van der Waals surface area contributed by atoms with E-state index in [1.807, 2.05) is 0 Å². The van der Waals surface area contributed by atoms with Gasteiger partial charge in [-0.25, -0.2) is 0 Å². The van der Waals surface area contributed by atoms with E-state index in [1.165, 1.54) is 32.4 Å². The quantitative estimate of drug-likeness (QED) is 0.660. The molecule has 2 heterocycles. The van der Waals surface area contributed by atoms with Crippen LogP contribution in [0.3, 0.4) is 0 Å². The number of rotatable bonds is 1. The van der Waals surface area contributed by atoms with Crippen molar-refractivity contribution in [3.8, 4) is 0 Å². The predicted octanol–water partition coefficient (Wildman–Crippen LogP) is 1.47. The van der Waals surface area contributed by atoms with Crippen molar-refractivity contribution in [2.45, 2.75) is 44.7 Å². The van der Waals surface area contributed by atoms with E-state index in [1.54, 1.807) is 0 Å². The number of nitrogens with zero attached hydrogens (tertiary/aromatic N) is 1. The average molecular weight is 182 g/mol. The first-order chi connectivity index (χ1) is 6.11. The van der Waals surface area contributed by atoms with Crippen molar-refractivity contribution in [1.82, 2.24) is 10.2 Å². The molecule has 2 rings (SSSR count). The highest BCUT2D eigenvalue weighted by Gasteiger charge is 2.42. The molecule has 2 heteroatoms. The Hall–Kier alpha value is -0.0800. The van der Waals surface area contributed by atoms with Crippen molar-refractivity contribution in [1.29, 1.82) is 0 Å². The molecule has 0 amide bonds. The minimum absolute atomic E-state index is 0.490. The number of hydrogen-bond acceptors (Lipinski definition) is 2. The van der Waals surface area contributed by atoms with Crippen LogP contribution in [0.15, 0.2) is 0 Å². The highest BCUT2D eigenvalue weighted by Crippen LogP contribution is 2.33. The van der Waals surface area contributed by atoms with Crippen LogP contribution in [0.4, 0.5) is 0 Å². The van der Waals surface area contributed by atoms with Gasteiger partial charge in [0.2, 0.25) is 0 Å². The predicted molar refractivity (Wildman–Crippen MR) is 55.8 cm³/mol. The maximum Gasteiger partial charge on any atom is 0.0323 e. The smallest absolute Gasteiger partial charge is 0.0323 e. The van der Waals surface area contributed by atoms with Gasteiger partial charge in [0.15, 0.2) is 0 Å². The number of likely N-dealkylation sites (tertiary alicyclic amines) is 1. The van der Waals surface area contributed by atoms with Crippen LogP contribution in [0.5, 0.6) is 0 Å². The standard InChI is InChI=1S/C11H22N2/c1-9(2)10-4-5-11(12-10)6-7-13(3)8-11/h9-10,12H,4-8H2,1-3H3/t10?,11-/m1/s1. The first-order valence-electron chi connectivity index (χ1n) is 5.58. The van der Waals surface area contributed by atoms with Gasteiger partial charge in [0.05, 0.1) is 0 Å². The molecule has 0 aromatic carbocycles. The van der Waals surface area contributed by atoms with Crippen molar-refractivity contribution < 1.29 is 0 Å². The summed E-state index contributed by atoms with van der Waals surface area (Å²) in [7, 11) is 2.24. The van der Waals surface area contributed by atoms with Crippen LogP contribution in [0.25, 0.3) is 0 Å². The van der Waals surface area contributed by atoms with Crippen molar-refractivity contribution in [2.75, 3.05) is 20.1 Å². The first kappa shape index (κ1) is 9.47. The summed E-state index contributed by atoms with van der Waals surface area (Å²) < 4.78 is 0. The Bertz CT molecular complexity index is 191. The van der Waals surface area contributed by atoms with E-state index in [4.69, 9.17) is 0 Å². The van der Waals surface area contributed by atoms with E-state index >= 15 is 0 Å². The van der Waals surface area contributed by atoms with Crippen LogP contribution in [-0.4, -0.2) is 36.6 Å². The third-order valence-corrected chi connectivity index (χ3v) is 3.77. The van der Waals surface area contributed by atoms with E-state index < -0.39 is 0 Å². The molecule has 2 fully saturated rings. The van der Waals surface area contributed by atoms with Gasteiger partial charge in [-0.2, -0.15) is 0 Å². The molecule has 76 valence electrons. The summed E-state index contributed by atoms with van der Waals surface area (Å²) in [6, 6.07) is 0.770. The molecular formula is C11H22N2. The van der Waals surface area contributed by atoms with Crippen molar-refractivity contribution in [3.05, 3.63) is 0 Å². The van der Waals surface area contributed by atoms with Gasteiger partial charge in [-0.3, -0.25) is 0 Å². The summed E-state index contributed by atoms with van der Waals surface area (Å²) in [6.45, 7) is 7.19. The summed E-state index contributed by atoms with van der Waals surface area (Å²) >= 11 is 0. The lowest BCUT2D eigenvalue weighted by Crippen LogP contribution is -2.46. The third kappa shape index (κ3) is 1.75. The lowest BCUT2D eigenvalue weighted by Gasteiger charge is -2.26. The Morgan fingerprint density at radius 2 is 2.15 bits per heavy atom. The second-order valence-corrected chi connectivity index (χ2v) is 5.30. The van der Waals surface area contributed by atoms with E-state index in [2.05, 4.69) is 31.1 Å². The van der Waals surface area contributed by atoms with E-state index in [-0.39, 0.29) is 0 Å². The summed E-state index contributed by atoms with van der Waals surface area (Å²) in [6.07, 6.45) is 4.12. The second kappa shape index (κ2) is 3.25. The molecule has 13 heavy (non-hydrogen) atoms. The van der Waals surface area contributed by atoms with Crippen molar-refractivity contribution in [3.63, 3.8) is 0 Å². The van der Waals surface area contributed by atoms with Gasteiger partial charge in [0, 0.05) is 18.1 Å². The largest absolute Gasteiger partial charge is 0.307 e. The lowest BCUT2D eigenvalue weighted by atomic mass is 9.96. The SMILES string of the molecule is CC(C)C1CC[C@]2(CCN(C)C2)N1. The third-order valence-electron chi connectivity index (χ3n) is 3.77. The van der Waals surface area contributed by atoms with Crippen LogP contribution in [-0.2, 0) is 0 Å². The second-order valence-electron chi connectivity index (χ2n) is 5.30. The zero-order valence-corrected chi connectivity index (χ0v) is 9.14. The molecule has 0 aliphatic carbocycles. The fraction of sp³-hybridized carbons (Fsp3) is 1.00. The van der Waals surface area contributed by atoms with Gasteiger partial charge in [0.1, 0.15) is 0 Å².